The molecule has 1 aromatic heterocycles. The van der Waals surface area contributed by atoms with Gasteiger partial charge < -0.3 is 0 Å². The molecule has 4 nitrogen and oxygen atoms in total. The van der Waals surface area contributed by atoms with E-state index in [9.17, 15) is 4.79 Å². The van der Waals surface area contributed by atoms with Gasteiger partial charge in [0.2, 0.25) is 0 Å². The van der Waals surface area contributed by atoms with Crippen molar-refractivity contribution in [2.24, 2.45) is 0 Å². The molecule has 1 aromatic carbocycles. The molecule has 22 heavy (non-hydrogen) atoms. The first-order valence-corrected chi connectivity index (χ1v) is 8.58. The van der Waals surface area contributed by atoms with Crippen molar-refractivity contribution in [3.05, 3.63) is 47.7 Å². The number of carbonyl (C=O) groups is 1. The van der Waals surface area contributed by atoms with Gasteiger partial charge in [0.05, 0.1) is 0 Å². The van der Waals surface area contributed by atoms with Crippen molar-refractivity contribution in [2.75, 3.05) is 7.11 Å². The van der Waals surface area contributed by atoms with Gasteiger partial charge in [0.1, 0.15) is 0 Å². The quantitative estimate of drug-likeness (QED) is 0.840. The van der Waals surface area contributed by atoms with Crippen molar-refractivity contribution in [1.29, 1.82) is 0 Å². The molecule has 0 aliphatic rings. The third-order valence-corrected chi connectivity index (χ3v) is 5.16. The topological polar surface area (TPSA) is 59.4 Å². The molecule has 0 spiro atoms. The molecule has 0 fully saturated rings. The van der Waals surface area contributed by atoms with Crippen molar-refractivity contribution >= 4 is 30.0 Å². The minimum absolute atomic E-state index is 0.00196. The van der Waals surface area contributed by atoms with E-state index in [2.05, 4.69) is 31.8 Å². The summed E-state index contributed by atoms with van der Waals surface area (Å²) in [6, 6.07) is 9.57. The fraction of sp³-hybridized carbons (Fsp3) is 0.294. The molecule has 0 atom stereocenters. The summed E-state index contributed by atoms with van der Waals surface area (Å²) >= 11 is 0.0311. The molecule has 0 radical (unpaired) electrons. The van der Waals surface area contributed by atoms with E-state index in [1.54, 1.807) is 19.2 Å². The van der Waals surface area contributed by atoms with Crippen molar-refractivity contribution < 1.29 is 14.6 Å². The number of aromatic carboxylic acids is 1. The molecule has 0 unspecified atom stereocenters. The molecule has 0 saturated carbocycles. The van der Waals surface area contributed by atoms with Crippen LogP contribution in [0, 0.1) is 0 Å². The Morgan fingerprint density at radius 2 is 1.95 bits per heavy atom. The third-order valence-electron chi connectivity index (χ3n) is 3.18. The second kappa shape index (κ2) is 6.51. The molecule has 0 amide bonds. The van der Waals surface area contributed by atoms with Gasteiger partial charge in [-0.2, -0.15) is 0 Å². The van der Waals surface area contributed by atoms with Crippen LogP contribution in [0.5, 0.6) is 5.75 Å². The number of hydrogen-bond donors (Lipinski definition) is 1. The van der Waals surface area contributed by atoms with E-state index < -0.39 is 5.97 Å². The number of hydrogen-bond acceptors (Lipinski definition) is 3. The fourth-order valence-electron chi connectivity index (χ4n) is 2.02. The number of methoxy groups -OCH3 is 1. The summed E-state index contributed by atoms with van der Waals surface area (Å²) in [4.78, 5) is 15.1. The van der Waals surface area contributed by atoms with Gasteiger partial charge in [-0.05, 0) is 0 Å². The number of pyridine rings is 1. The number of benzene rings is 1. The maximum atomic E-state index is 10.8. The van der Waals surface area contributed by atoms with Crippen LogP contribution in [-0.4, -0.2) is 38.1 Å². The van der Waals surface area contributed by atoms with Crippen LogP contribution >= 0.6 is 0 Å². The summed E-state index contributed by atoms with van der Waals surface area (Å²) in [7, 11) is 1.68. The van der Waals surface area contributed by atoms with Gasteiger partial charge in [-0.25, -0.2) is 0 Å². The first kappa shape index (κ1) is 16.5. The Hall–Kier alpha value is -1.84. The number of ether oxygens (including phenoxy) is 1. The van der Waals surface area contributed by atoms with E-state index >= 15 is 0 Å². The molecule has 1 heterocycles. The fourth-order valence-corrected chi connectivity index (χ4v) is 3.69. The molecule has 5 heteroatoms. The SMILES string of the molecule is COc1ccc([Se]c2ccc(C(=O)O)cn2)cc1C(C)(C)C. The molecule has 0 saturated heterocycles. The van der Waals surface area contributed by atoms with E-state index in [0.717, 1.165) is 15.9 Å². The first-order valence-electron chi connectivity index (χ1n) is 6.87. The van der Waals surface area contributed by atoms with E-state index in [1.165, 1.54) is 10.7 Å². The Morgan fingerprint density at radius 1 is 1.23 bits per heavy atom. The molecule has 2 aromatic rings. The number of aromatic nitrogens is 1. The van der Waals surface area contributed by atoms with E-state index in [0.29, 0.717) is 0 Å². The number of nitrogens with zero attached hydrogens (tertiary/aromatic N) is 1. The minimum atomic E-state index is -0.953. The van der Waals surface area contributed by atoms with Gasteiger partial charge >= 0.3 is 136 Å². The summed E-state index contributed by atoms with van der Waals surface area (Å²) in [6.07, 6.45) is 1.41. The monoisotopic (exact) mass is 365 g/mol. The Kier molecular flexibility index (Phi) is 4.89. The van der Waals surface area contributed by atoms with Crippen LogP contribution in [0.3, 0.4) is 0 Å². The van der Waals surface area contributed by atoms with Crippen molar-refractivity contribution in [2.45, 2.75) is 26.2 Å². The molecule has 0 aliphatic carbocycles. The summed E-state index contributed by atoms with van der Waals surface area (Å²) in [5.41, 5.74) is 1.37. The van der Waals surface area contributed by atoms with Gasteiger partial charge in [-0.15, -0.1) is 0 Å². The number of carboxylic acids is 1. The van der Waals surface area contributed by atoms with Crippen LogP contribution in [0.15, 0.2) is 36.5 Å². The zero-order valence-electron chi connectivity index (χ0n) is 13.1. The van der Waals surface area contributed by atoms with Gasteiger partial charge in [-0.1, -0.05) is 0 Å². The Bertz CT molecular complexity index is 675. The molecule has 2 rings (SSSR count). The summed E-state index contributed by atoms with van der Waals surface area (Å²) < 4.78 is 7.54. The molecule has 0 aliphatic heterocycles. The third kappa shape index (κ3) is 3.87. The summed E-state index contributed by atoms with van der Waals surface area (Å²) in [5, 5.41) is 8.90. The van der Waals surface area contributed by atoms with Gasteiger partial charge in [-0.3, -0.25) is 0 Å². The maximum absolute atomic E-state index is 10.8. The predicted molar refractivity (Wildman–Crippen MR) is 87.9 cm³/mol. The second-order valence-corrected chi connectivity index (χ2v) is 8.20. The molecule has 0 bridgehead atoms. The average Bonchev–Trinajstić information content (AvgIpc) is 2.47. The molecule has 1 N–H and O–H groups in total. The van der Waals surface area contributed by atoms with E-state index in [4.69, 9.17) is 9.84 Å². The summed E-state index contributed by atoms with van der Waals surface area (Å²) in [5.74, 6) is -0.0627. The Morgan fingerprint density at radius 3 is 2.45 bits per heavy atom. The van der Waals surface area contributed by atoms with Crippen LogP contribution in [0.4, 0.5) is 0 Å². The van der Waals surface area contributed by atoms with Crippen molar-refractivity contribution in [3.8, 4) is 5.75 Å². The van der Waals surface area contributed by atoms with Crippen LogP contribution < -0.4 is 13.8 Å². The number of carboxylic acid groups (broad SMARTS) is 1. The van der Waals surface area contributed by atoms with E-state index in [-0.39, 0.29) is 25.9 Å². The van der Waals surface area contributed by atoms with Crippen LogP contribution in [0.2, 0.25) is 0 Å². The predicted octanol–water partition coefficient (Wildman–Crippen LogP) is 1.74. The van der Waals surface area contributed by atoms with Crippen LogP contribution in [0.25, 0.3) is 0 Å². The van der Waals surface area contributed by atoms with Gasteiger partial charge in [0.25, 0.3) is 0 Å². The average molecular weight is 364 g/mol. The summed E-state index contributed by atoms with van der Waals surface area (Å²) in [6.45, 7) is 6.46. The van der Waals surface area contributed by atoms with Crippen LogP contribution in [0.1, 0.15) is 36.7 Å². The molecular weight excluding hydrogens is 345 g/mol. The van der Waals surface area contributed by atoms with Crippen LogP contribution in [-0.2, 0) is 5.41 Å². The van der Waals surface area contributed by atoms with Gasteiger partial charge in [0.15, 0.2) is 0 Å². The second-order valence-electron chi connectivity index (χ2n) is 5.90. The van der Waals surface area contributed by atoms with Crippen molar-refractivity contribution in [1.82, 2.24) is 4.98 Å². The Balaban J connectivity index is 2.28. The standard InChI is InChI=1S/C17H19NO3Se/c1-17(2,3)13-9-12(6-7-14(13)21-4)22-15-8-5-11(10-18-15)16(19)20/h5-10H,1-4H3,(H,19,20). The Labute approximate surface area is 136 Å². The zero-order valence-corrected chi connectivity index (χ0v) is 14.8. The molecule has 116 valence electrons. The van der Waals surface area contributed by atoms with E-state index in [1.807, 2.05) is 12.1 Å². The first-order chi connectivity index (χ1) is 10.3. The van der Waals surface area contributed by atoms with Gasteiger partial charge in [0, 0.05) is 0 Å². The normalized spacial score (nSPS) is 11.3. The van der Waals surface area contributed by atoms with Crippen molar-refractivity contribution in [3.63, 3.8) is 0 Å². The zero-order chi connectivity index (χ0) is 16.3. The molecular formula is C17H19NO3Se. The number of rotatable bonds is 4.